The molecule has 0 radical (unpaired) electrons. The van der Waals surface area contributed by atoms with Crippen molar-refractivity contribution in [3.05, 3.63) is 12.7 Å². The first-order valence-corrected chi connectivity index (χ1v) is 7.39. The fourth-order valence-electron chi connectivity index (χ4n) is 1.84. The van der Waals surface area contributed by atoms with Crippen LogP contribution in [0.1, 0.15) is 59.3 Å². The molecule has 1 amide bonds. The highest BCUT2D eigenvalue weighted by Crippen LogP contribution is 2.07. The molecule has 0 fully saturated rings. The molecule has 0 aromatic heterocycles. The summed E-state index contributed by atoms with van der Waals surface area (Å²) in [5.74, 6) is 0.0376. The van der Waals surface area contributed by atoms with E-state index in [9.17, 15) is 4.79 Å². The van der Waals surface area contributed by atoms with Crippen LogP contribution in [0.15, 0.2) is 12.7 Å². The topological polar surface area (TPSA) is 23.6 Å². The number of unbranched alkanes of at least 4 members (excludes halogenated alkanes) is 3. The maximum atomic E-state index is 12.0. The van der Waals surface area contributed by atoms with E-state index in [1.54, 1.807) is 0 Å². The van der Waals surface area contributed by atoms with E-state index in [0.29, 0.717) is 0 Å². The number of carbonyl (C=O) groups excluding carboxylic acids is 1. The van der Waals surface area contributed by atoms with Crippen molar-refractivity contribution in [2.75, 3.05) is 19.6 Å². The van der Waals surface area contributed by atoms with Crippen molar-refractivity contribution in [2.45, 2.75) is 59.3 Å². The number of amides is 1. The Morgan fingerprint density at radius 3 is 1.78 bits per heavy atom. The van der Waals surface area contributed by atoms with Crippen molar-refractivity contribution in [3.63, 3.8) is 0 Å². The number of hydrogen-bond donors (Lipinski definition) is 0. The highest BCUT2D eigenvalue weighted by Gasteiger charge is 2.17. The largest absolute Gasteiger partial charge is 0.272 e. The molecule has 106 valence electrons. The van der Waals surface area contributed by atoms with Crippen molar-refractivity contribution in [3.8, 4) is 0 Å². The SMILES string of the molecule is C=CC(=O)N(CCCC)N(CCCC)CCCC. The number of hydrogen-bond acceptors (Lipinski definition) is 2. The maximum Gasteiger partial charge on any atom is 0.260 e. The molecule has 0 spiro atoms. The second-order valence-corrected chi connectivity index (χ2v) is 4.68. The van der Waals surface area contributed by atoms with Crippen LogP contribution >= 0.6 is 0 Å². The molecule has 0 aliphatic carbocycles. The predicted octanol–water partition coefficient (Wildman–Crippen LogP) is 3.62. The lowest BCUT2D eigenvalue weighted by atomic mass is 10.3. The molecular weight excluding hydrogens is 224 g/mol. The van der Waals surface area contributed by atoms with Gasteiger partial charge in [-0.1, -0.05) is 46.6 Å². The van der Waals surface area contributed by atoms with Crippen LogP contribution in [0.5, 0.6) is 0 Å². The molecule has 0 saturated carbocycles. The lowest BCUT2D eigenvalue weighted by Gasteiger charge is -2.34. The zero-order valence-corrected chi connectivity index (χ0v) is 12.5. The number of rotatable bonds is 11. The van der Waals surface area contributed by atoms with Crippen LogP contribution in [-0.4, -0.2) is 35.6 Å². The zero-order valence-electron chi connectivity index (χ0n) is 12.5. The molecule has 0 bridgehead atoms. The minimum Gasteiger partial charge on any atom is -0.272 e. The fourth-order valence-corrected chi connectivity index (χ4v) is 1.84. The Morgan fingerprint density at radius 2 is 1.39 bits per heavy atom. The summed E-state index contributed by atoms with van der Waals surface area (Å²) in [6, 6.07) is 0. The van der Waals surface area contributed by atoms with E-state index in [1.165, 1.54) is 6.08 Å². The third-order valence-electron chi connectivity index (χ3n) is 3.03. The third-order valence-corrected chi connectivity index (χ3v) is 3.03. The molecule has 0 unspecified atom stereocenters. The van der Waals surface area contributed by atoms with E-state index in [-0.39, 0.29) is 5.91 Å². The monoisotopic (exact) mass is 254 g/mol. The van der Waals surface area contributed by atoms with Crippen LogP contribution in [0, 0.1) is 0 Å². The van der Waals surface area contributed by atoms with Gasteiger partial charge in [-0.2, -0.15) is 0 Å². The molecule has 3 heteroatoms. The first-order chi connectivity index (χ1) is 8.71. The van der Waals surface area contributed by atoms with Gasteiger partial charge in [0.15, 0.2) is 0 Å². The van der Waals surface area contributed by atoms with Gasteiger partial charge in [-0.25, -0.2) is 5.01 Å². The molecule has 0 aliphatic rings. The van der Waals surface area contributed by atoms with Gasteiger partial charge in [-0.3, -0.25) is 9.80 Å². The Morgan fingerprint density at radius 1 is 0.944 bits per heavy atom. The zero-order chi connectivity index (χ0) is 13.8. The molecule has 0 aliphatic heterocycles. The highest BCUT2D eigenvalue weighted by atomic mass is 16.2. The van der Waals surface area contributed by atoms with Gasteiger partial charge in [0, 0.05) is 19.6 Å². The van der Waals surface area contributed by atoms with Gasteiger partial charge < -0.3 is 0 Å². The van der Waals surface area contributed by atoms with Gasteiger partial charge in [0.1, 0.15) is 0 Å². The fraction of sp³-hybridized carbons (Fsp3) is 0.800. The summed E-state index contributed by atoms with van der Waals surface area (Å²) in [4.78, 5) is 12.0. The summed E-state index contributed by atoms with van der Waals surface area (Å²) in [5, 5.41) is 4.11. The van der Waals surface area contributed by atoms with Crippen molar-refractivity contribution in [1.29, 1.82) is 0 Å². The van der Waals surface area contributed by atoms with Crippen LogP contribution in [0.3, 0.4) is 0 Å². The molecule has 0 rings (SSSR count). The smallest absolute Gasteiger partial charge is 0.260 e. The lowest BCUT2D eigenvalue weighted by molar-refractivity contribution is -0.144. The Hall–Kier alpha value is -0.830. The minimum atomic E-state index is 0.0376. The van der Waals surface area contributed by atoms with Gasteiger partial charge in [-0.05, 0) is 25.3 Å². The van der Waals surface area contributed by atoms with Crippen LogP contribution in [0.2, 0.25) is 0 Å². The first kappa shape index (κ1) is 17.2. The molecule has 0 N–H and O–H groups in total. The van der Waals surface area contributed by atoms with Crippen LogP contribution < -0.4 is 0 Å². The Labute approximate surface area is 113 Å². The molecule has 3 nitrogen and oxygen atoms in total. The third kappa shape index (κ3) is 6.80. The molecule has 0 aromatic rings. The molecule has 0 saturated heterocycles. The minimum absolute atomic E-state index is 0.0376. The standard InChI is InChI=1S/C15H30N2O/c1-5-9-12-16(13-10-6-2)17(14-11-7-3)15(18)8-4/h8H,4-7,9-14H2,1-3H3. The van der Waals surface area contributed by atoms with E-state index in [4.69, 9.17) is 0 Å². The van der Waals surface area contributed by atoms with Gasteiger partial charge in [0.05, 0.1) is 0 Å². The van der Waals surface area contributed by atoms with E-state index in [2.05, 4.69) is 32.4 Å². The molecule has 18 heavy (non-hydrogen) atoms. The van der Waals surface area contributed by atoms with Gasteiger partial charge in [-0.15, -0.1) is 0 Å². The summed E-state index contributed by atoms with van der Waals surface area (Å²) in [6.45, 7) is 12.9. The highest BCUT2D eigenvalue weighted by molar-refractivity contribution is 5.86. The van der Waals surface area contributed by atoms with Crippen molar-refractivity contribution in [2.24, 2.45) is 0 Å². The summed E-state index contributed by atoms with van der Waals surface area (Å²) in [7, 11) is 0. The van der Waals surface area contributed by atoms with E-state index in [0.717, 1.165) is 58.2 Å². The van der Waals surface area contributed by atoms with Crippen LogP contribution in [0.25, 0.3) is 0 Å². The van der Waals surface area contributed by atoms with E-state index in [1.807, 2.05) is 5.01 Å². The summed E-state index contributed by atoms with van der Waals surface area (Å²) in [6.07, 6.45) is 8.18. The van der Waals surface area contributed by atoms with Crippen molar-refractivity contribution >= 4 is 5.91 Å². The summed E-state index contributed by atoms with van der Waals surface area (Å²) >= 11 is 0. The molecule has 0 heterocycles. The summed E-state index contributed by atoms with van der Waals surface area (Å²) in [5.41, 5.74) is 0. The van der Waals surface area contributed by atoms with E-state index >= 15 is 0 Å². The summed E-state index contributed by atoms with van der Waals surface area (Å²) < 4.78 is 0. The lowest BCUT2D eigenvalue weighted by Crippen LogP contribution is -2.47. The average Bonchev–Trinajstić information content (AvgIpc) is 2.40. The number of nitrogens with zero attached hydrogens (tertiary/aromatic N) is 2. The van der Waals surface area contributed by atoms with Gasteiger partial charge in [0.25, 0.3) is 5.91 Å². The number of carbonyl (C=O) groups is 1. The van der Waals surface area contributed by atoms with Crippen molar-refractivity contribution < 1.29 is 4.79 Å². The van der Waals surface area contributed by atoms with Gasteiger partial charge >= 0.3 is 0 Å². The van der Waals surface area contributed by atoms with Crippen LogP contribution in [0.4, 0.5) is 0 Å². The average molecular weight is 254 g/mol. The first-order valence-electron chi connectivity index (χ1n) is 7.39. The number of hydrazine groups is 1. The van der Waals surface area contributed by atoms with Gasteiger partial charge in [0.2, 0.25) is 0 Å². The Balaban J connectivity index is 4.57. The predicted molar refractivity (Wildman–Crippen MR) is 78.2 cm³/mol. The van der Waals surface area contributed by atoms with E-state index < -0.39 is 0 Å². The van der Waals surface area contributed by atoms with Crippen LogP contribution in [-0.2, 0) is 4.79 Å². The maximum absolute atomic E-state index is 12.0. The Bertz CT molecular complexity index is 221. The van der Waals surface area contributed by atoms with Crippen molar-refractivity contribution in [1.82, 2.24) is 10.0 Å². The molecule has 0 atom stereocenters. The molecular formula is C15H30N2O. The second kappa shape index (κ2) is 11.3. The quantitative estimate of drug-likeness (QED) is 0.415. The normalized spacial score (nSPS) is 10.7. The Kier molecular flexibility index (Phi) is 10.8. The second-order valence-electron chi connectivity index (χ2n) is 4.68. The molecule has 0 aromatic carbocycles.